The SMILES string of the molecule is CC1NC(=O)C(C)(C)N(Cc2ncnn2C)C1=O. The molecule has 1 saturated heterocycles. The summed E-state index contributed by atoms with van der Waals surface area (Å²) >= 11 is 0. The number of hydrogen-bond acceptors (Lipinski definition) is 4. The minimum atomic E-state index is -0.879. The maximum atomic E-state index is 12.2. The molecule has 1 aliphatic heterocycles. The molecule has 2 rings (SSSR count). The van der Waals surface area contributed by atoms with Crippen molar-refractivity contribution < 1.29 is 9.59 Å². The Hall–Kier alpha value is -1.92. The highest BCUT2D eigenvalue weighted by atomic mass is 16.2. The van der Waals surface area contributed by atoms with E-state index in [0.29, 0.717) is 5.82 Å². The molecular formula is C11H17N5O2. The van der Waals surface area contributed by atoms with Crippen LogP contribution < -0.4 is 5.32 Å². The van der Waals surface area contributed by atoms with Crippen molar-refractivity contribution in [1.29, 1.82) is 0 Å². The Morgan fingerprint density at radius 1 is 1.44 bits per heavy atom. The Morgan fingerprint density at radius 2 is 2.11 bits per heavy atom. The van der Waals surface area contributed by atoms with Gasteiger partial charge in [0.05, 0.1) is 6.54 Å². The number of carbonyl (C=O) groups is 2. The van der Waals surface area contributed by atoms with E-state index in [1.54, 1.807) is 37.4 Å². The van der Waals surface area contributed by atoms with Gasteiger partial charge in [-0.15, -0.1) is 0 Å². The standard InChI is InChI=1S/C11H17N5O2/c1-7-9(17)16(11(2,3)10(18)14-7)5-8-12-6-13-15(8)4/h6-7H,5H2,1-4H3,(H,14,18). The number of aromatic nitrogens is 3. The first-order chi connectivity index (χ1) is 8.34. The minimum absolute atomic E-state index is 0.109. The van der Waals surface area contributed by atoms with E-state index in [9.17, 15) is 9.59 Å². The van der Waals surface area contributed by atoms with Gasteiger partial charge in [0.1, 0.15) is 23.7 Å². The van der Waals surface area contributed by atoms with Gasteiger partial charge in [-0.05, 0) is 20.8 Å². The van der Waals surface area contributed by atoms with Crippen LogP contribution in [0.25, 0.3) is 0 Å². The molecule has 1 atom stereocenters. The molecule has 1 N–H and O–H groups in total. The number of aryl methyl sites for hydroxylation is 1. The molecule has 1 fully saturated rings. The number of hydrogen-bond donors (Lipinski definition) is 1. The van der Waals surface area contributed by atoms with E-state index in [-0.39, 0.29) is 18.4 Å². The van der Waals surface area contributed by atoms with E-state index in [0.717, 1.165) is 0 Å². The second-order valence-corrected chi connectivity index (χ2v) is 4.98. The Balaban J connectivity index is 2.30. The molecule has 7 nitrogen and oxygen atoms in total. The molecule has 0 spiro atoms. The highest BCUT2D eigenvalue weighted by molar-refractivity contribution is 5.98. The van der Waals surface area contributed by atoms with Crippen molar-refractivity contribution in [3.05, 3.63) is 12.2 Å². The largest absolute Gasteiger partial charge is 0.343 e. The molecule has 0 saturated carbocycles. The van der Waals surface area contributed by atoms with Crippen molar-refractivity contribution in [1.82, 2.24) is 25.0 Å². The number of amides is 2. The molecule has 0 radical (unpaired) electrons. The summed E-state index contributed by atoms with van der Waals surface area (Å²) in [5, 5.41) is 6.63. The van der Waals surface area contributed by atoms with Gasteiger partial charge >= 0.3 is 0 Å². The third kappa shape index (κ3) is 1.85. The van der Waals surface area contributed by atoms with Gasteiger partial charge in [-0.2, -0.15) is 5.10 Å². The predicted molar refractivity (Wildman–Crippen MR) is 63.2 cm³/mol. The lowest BCUT2D eigenvalue weighted by atomic mass is 9.96. The Kier molecular flexibility index (Phi) is 2.84. The number of carbonyl (C=O) groups excluding carboxylic acids is 2. The third-order valence-corrected chi connectivity index (χ3v) is 3.32. The fourth-order valence-corrected chi connectivity index (χ4v) is 1.95. The molecule has 0 aromatic carbocycles. The molecule has 1 unspecified atom stereocenters. The molecule has 0 bridgehead atoms. The van der Waals surface area contributed by atoms with E-state index in [2.05, 4.69) is 15.4 Å². The monoisotopic (exact) mass is 251 g/mol. The Labute approximate surface area is 105 Å². The van der Waals surface area contributed by atoms with Crippen molar-refractivity contribution in [3.8, 4) is 0 Å². The van der Waals surface area contributed by atoms with Crippen molar-refractivity contribution in [2.45, 2.75) is 38.9 Å². The molecule has 1 aliphatic rings. The van der Waals surface area contributed by atoms with Crippen molar-refractivity contribution >= 4 is 11.8 Å². The lowest BCUT2D eigenvalue weighted by molar-refractivity contribution is -0.155. The number of piperazine rings is 1. The zero-order chi connectivity index (χ0) is 13.5. The average molecular weight is 251 g/mol. The third-order valence-electron chi connectivity index (χ3n) is 3.32. The van der Waals surface area contributed by atoms with Crippen molar-refractivity contribution in [3.63, 3.8) is 0 Å². The molecule has 0 aliphatic carbocycles. The van der Waals surface area contributed by atoms with Crippen LogP contribution in [0.2, 0.25) is 0 Å². The predicted octanol–water partition coefficient (Wildman–Crippen LogP) is -0.559. The minimum Gasteiger partial charge on any atom is -0.343 e. The molecule has 2 heterocycles. The van der Waals surface area contributed by atoms with Gasteiger partial charge < -0.3 is 10.2 Å². The smallest absolute Gasteiger partial charge is 0.246 e. The van der Waals surface area contributed by atoms with Gasteiger partial charge in [-0.1, -0.05) is 0 Å². The topological polar surface area (TPSA) is 80.1 Å². The van der Waals surface area contributed by atoms with Gasteiger partial charge in [0.25, 0.3) is 0 Å². The quantitative estimate of drug-likeness (QED) is 0.764. The first-order valence-corrected chi connectivity index (χ1v) is 5.79. The fraction of sp³-hybridized carbons (Fsp3) is 0.636. The first-order valence-electron chi connectivity index (χ1n) is 5.79. The molecule has 18 heavy (non-hydrogen) atoms. The summed E-state index contributed by atoms with van der Waals surface area (Å²) in [4.78, 5) is 29.8. The van der Waals surface area contributed by atoms with Crippen LogP contribution in [-0.2, 0) is 23.2 Å². The Bertz CT molecular complexity index is 493. The average Bonchev–Trinajstić information content (AvgIpc) is 2.68. The van der Waals surface area contributed by atoms with E-state index in [1.165, 1.54) is 6.33 Å². The molecular weight excluding hydrogens is 234 g/mol. The summed E-state index contributed by atoms with van der Waals surface area (Å²) in [6.45, 7) is 5.41. The summed E-state index contributed by atoms with van der Waals surface area (Å²) in [5.74, 6) is 0.387. The zero-order valence-electron chi connectivity index (χ0n) is 11.0. The lowest BCUT2D eigenvalue weighted by Gasteiger charge is -2.43. The maximum Gasteiger partial charge on any atom is 0.246 e. The van der Waals surface area contributed by atoms with E-state index in [4.69, 9.17) is 0 Å². The van der Waals surface area contributed by atoms with E-state index >= 15 is 0 Å². The summed E-state index contributed by atoms with van der Waals surface area (Å²) in [6.07, 6.45) is 1.43. The second kappa shape index (κ2) is 4.08. The number of nitrogens with zero attached hydrogens (tertiary/aromatic N) is 4. The van der Waals surface area contributed by atoms with Crippen LogP contribution in [0, 0.1) is 0 Å². The van der Waals surface area contributed by atoms with Crippen molar-refractivity contribution in [2.75, 3.05) is 0 Å². The summed E-state index contributed by atoms with van der Waals surface area (Å²) in [6, 6.07) is -0.501. The highest BCUT2D eigenvalue weighted by Gasteiger charge is 2.45. The molecule has 2 amide bonds. The van der Waals surface area contributed by atoms with Gasteiger partial charge in [0.2, 0.25) is 11.8 Å². The van der Waals surface area contributed by atoms with Gasteiger partial charge in [-0.3, -0.25) is 14.3 Å². The van der Waals surface area contributed by atoms with Crippen LogP contribution in [0.4, 0.5) is 0 Å². The van der Waals surface area contributed by atoms with E-state index in [1.807, 2.05) is 0 Å². The van der Waals surface area contributed by atoms with Gasteiger partial charge in [-0.25, -0.2) is 4.98 Å². The van der Waals surface area contributed by atoms with Crippen LogP contribution in [0.3, 0.4) is 0 Å². The lowest BCUT2D eigenvalue weighted by Crippen LogP contribution is -2.67. The normalized spacial score (nSPS) is 23.1. The summed E-state index contributed by atoms with van der Waals surface area (Å²) in [7, 11) is 1.76. The van der Waals surface area contributed by atoms with Crippen LogP contribution in [0.15, 0.2) is 6.33 Å². The second-order valence-electron chi connectivity index (χ2n) is 4.98. The molecule has 1 aromatic heterocycles. The van der Waals surface area contributed by atoms with Crippen LogP contribution in [0.5, 0.6) is 0 Å². The maximum absolute atomic E-state index is 12.2. The van der Waals surface area contributed by atoms with Crippen molar-refractivity contribution in [2.24, 2.45) is 7.05 Å². The first kappa shape index (κ1) is 12.5. The van der Waals surface area contributed by atoms with Crippen LogP contribution in [0.1, 0.15) is 26.6 Å². The van der Waals surface area contributed by atoms with Crippen LogP contribution in [-0.4, -0.2) is 43.1 Å². The summed E-state index contributed by atoms with van der Waals surface area (Å²) in [5.41, 5.74) is -0.879. The van der Waals surface area contributed by atoms with Crippen LogP contribution >= 0.6 is 0 Å². The Morgan fingerprint density at radius 3 is 2.67 bits per heavy atom. The number of nitrogens with one attached hydrogen (secondary N) is 1. The zero-order valence-corrected chi connectivity index (χ0v) is 11.0. The highest BCUT2D eigenvalue weighted by Crippen LogP contribution is 2.22. The molecule has 98 valence electrons. The summed E-state index contributed by atoms with van der Waals surface area (Å²) < 4.78 is 1.60. The fourth-order valence-electron chi connectivity index (χ4n) is 1.95. The molecule has 1 aromatic rings. The van der Waals surface area contributed by atoms with Gasteiger partial charge in [0, 0.05) is 7.05 Å². The van der Waals surface area contributed by atoms with E-state index < -0.39 is 11.6 Å². The number of rotatable bonds is 2. The molecule has 7 heteroatoms. The van der Waals surface area contributed by atoms with Gasteiger partial charge in [0.15, 0.2) is 0 Å².